The van der Waals surface area contributed by atoms with Crippen LogP contribution < -0.4 is 11.5 Å². The minimum Gasteiger partial charge on any atom is -0.377 e. The number of rotatable bonds is 7. The zero-order valence-corrected chi connectivity index (χ0v) is 9.19. The molecule has 0 aromatic heterocycles. The number of hydrogen-bond acceptors (Lipinski definition) is 4. The average molecular weight is 203 g/mol. The first-order valence-corrected chi connectivity index (χ1v) is 4.78. The summed E-state index contributed by atoms with van der Waals surface area (Å²) in [5.74, 6) is -0.471. The summed E-state index contributed by atoms with van der Waals surface area (Å²) >= 11 is 0. The molecule has 0 bridgehead atoms. The molecule has 0 aromatic carbocycles. The fourth-order valence-corrected chi connectivity index (χ4v) is 0.961. The molecule has 0 saturated heterocycles. The van der Waals surface area contributed by atoms with E-state index in [0.29, 0.717) is 13.2 Å². The highest BCUT2D eigenvalue weighted by molar-refractivity contribution is 5.79. The summed E-state index contributed by atoms with van der Waals surface area (Å²) in [7, 11) is 1.88. The van der Waals surface area contributed by atoms with Crippen LogP contribution in [0, 0.1) is 0 Å². The molecule has 0 fully saturated rings. The molecule has 0 spiro atoms. The van der Waals surface area contributed by atoms with E-state index < -0.39 is 11.9 Å². The Kier molecular flexibility index (Phi) is 6.44. The fourth-order valence-electron chi connectivity index (χ4n) is 0.961. The lowest BCUT2D eigenvalue weighted by atomic mass is 10.3. The van der Waals surface area contributed by atoms with Gasteiger partial charge in [0.05, 0.1) is 18.8 Å². The number of nitrogens with two attached hydrogens (primary N) is 2. The van der Waals surface area contributed by atoms with E-state index in [-0.39, 0.29) is 6.10 Å². The first-order valence-electron chi connectivity index (χ1n) is 4.78. The fraction of sp³-hybridized carbons (Fsp3) is 0.889. The molecular formula is C9H21N3O2. The molecule has 84 valence electrons. The zero-order valence-electron chi connectivity index (χ0n) is 9.19. The summed E-state index contributed by atoms with van der Waals surface area (Å²) < 4.78 is 5.36. The Morgan fingerprint density at radius 1 is 1.50 bits per heavy atom. The van der Waals surface area contributed by atoms with Crippen molar-refractivity contribution in [3.63, 3.8) is 0 Å². The summed E-state index contributed by atoms with van der Waals surface area (Å²) in [4.78, 5) is 12.6. The van der Waals surface area contributed by atoms with Gasteiger partial charge in [0, 0.05) is 13.1 Å². The Morgan fingerprint density at radius 2 is 2.07 bits per heavy atom. The number of ether oxygens (including phenoxy) is 1. The van der Waals surface area contributed by atoms with Gasteiger partial charge < -0.3 is 21.1 Å². The Balaban J connectivity index is 3.55. The van der Waals surface area contributed by atoms with Crippen LogP contribution in [0.1, 0.15) is 13.8 Å². The van der Waals surface area contributed by atoms with E-state index in [1.807, 2.05) is 25.8 Å². The van der Waals surface area contributed by atoms with Crippen LogP contribution in [0.25, 0.3) is 0 Å². The molecule has 5 heteroatoms. The molecule has 0 saturated carbocycles. The first-order chi connectivity index (χ1) is 6.43. The van der Waals surface area contributed by atoms with Gasteiger partial charge in [-0.05, 0) is 20.9 Å². The second-order valence-electron chi connectivity index (χ2n) is 3.69. The number of amides is 1. The van der Waals surface area contributed by atoms with Crippen LogP contribution in [-0.4, -0.2) is 49.7 Å². The van der Waals surface area contributed by atoms with Gasteiger partial charge in [0.2, 0.25) is 5.91 Å². The Labute approximate surface area is 85.4 Å². The highest BCUT2D eigenvalue weighted by atomic mass is 16.5. The average Bonchev–Trinajstić information content (AvgIpc) is 2.02. The third-order valence-corrected chi connectivity index (χ3v) is 1.80. The Bertz CT molecular complexity index is 173. The molecule has 4 N–H and O–H groups in total. The molecule has 0 rings (SSSR count). The van der Waals surface area contributed by atoms with E-state index in [1.165, 1.54) is 0 Å². The molecule has 5 nitrogen and oxygen atoms in total. The second kappa shape index (κ2) is 6.75. The van der Waals surface area contributed by atoms with Crippen molar-refractivity contribution in [1.82, 2.24) is 4.90 Å². The van der Waals surface area contributed by atoms with Crippen LogP contribution in [0.5, 0.6) is 0 Å². The third kappa shape index (κ3) is 6.82. The molecule has 0 aliphatic heterocycles. The molecule has 0 aliphatic carbocycles. The first kappa shape index (κ1) is 13.4. The van der Waals surface area contributed by atoms with Crippen molar-refractivity contribution in [3.05, 3.63) is 0 Å². The number of primary amides is 1. The number of carbonyl (C=O) groups is 1. The lowest BCUT2D eigenvalue weighted by molar-refractivity contribution is -0.119. The monoisotopic (exact) mass is 203 g/mol. The Morgan fingerprint density at radius 3 is 2.50 bits per heavy atom. The van der Waals surface area contributed by atoms with E-state index in [1.54, 1.807) is 0 Å². The lowest BCUT2D eigenvalue weighted by Gasteiger charge is -2.19. The van der Waals surface area contributed by atoms with Crippen LogP contribution in [0.4, 0.5) is 0 Å². The van der Waals surface area contributed by atoms with E-state index in [9.17, 15) is 4.79 Å². The maximum absolute atomic E-state index is 10.7. The van der Waals surface area contributed by atoms with Gasteiger partial charge in [-0.15, -0.1) is 0 Å². The summed E-state index contributed by atoms with van der Waals surface area (Å²) in [5.41, 5.74) is 10.5. The van der Waals surface area contributed by atoms with Crippen molar-refractivity contribution in [2.45, 2.75) is 26.0 Å². The van der Waals surface area contributed by atoms with Gasteiger partial charge in [0.1, 0.15) is 0 Å². The van der Waals surface area contributed by atoms with Crippen LogP contribution in [-0.2, 0) is 9.53 Å². The van der Waals surface area contributed by atoms with Crippen LogP contribution >= 0.6 is 0 Å². The predicted molar refractivity (Wildman–Crippen MR) is 55.8 cm³/mol. The van der Waals surface area contributed by atoms with Gasteiger partial charge in [-0.3, -0.25) is 4.79 Å². The molecule has 1 atom stereocenters. The molecule has 0 aromatic rings. The van der Waals surface area contributed by atoms with E-state index >= 15 is 0 Å². The van der Waals surface area contributed by atoms with Crippen molar-refractivity contribution in [2.75, 3.05) is 26.7 Å². The van der Waals surface area contributed by atoms with Crippen molar-refractivity contribution >= 4 is 5.91 Å². The third-order valence-electron chi connectivity index (χ3n) is 1.80. The molecule has 0 radical (unpaired) electrons. The number of hydrogen-bond donors (Lipinski definition) is 2. The minimum atomic E-state index is -0.598. The number of carbonyl (C=O) groups excluding carboxylic acids is 1. The standard InChI is InChI=1S/C9H21N3O2/c1-7(2)14-5-4-12(3)6-8(10)9(11)13/h7-8H,4-6,10H2,1-3H3,(H2,11,13). The van der Waals surface area contributed by atoms with Gasteiger partial charge >= 0.3 is 0 Å². The van der Waals surface area contributed by atoms with Gasteiger partial charge in [-0.25, -0.2) is 0 Å². The van der Waals surface area contributed by atoms with Crippen LogP contribution in [0.15, 0.2) is 0 Å². The molecule has 14 heavy (non-hydrogen) atoms. The van der Waals surface area contributed by atoms with Crippen molar-refractivity contribution < 1.29 is 9.53 Å². The summed E-state index contributed by atoms with van der Waals surface area (Å²) in [5, 5.41) is 0. The molecular weight excluding hydrogens is 182 g/mol. The predicted octanol–water partition coefficient (Wildman–Crippen LogP) is -0.844. The highest BCUT2D eigenvalue weighted by Crippen LogP contribution is 1.90. The quantitative estimate of drug-likeness (QED) is 0.565. The topological polar surface area (TPSA) is 81.6 Å². The van der Waals surface area contributed by atoms with Gasteiger partial charge in [0.25, 0.3) is 0 Å². The van der Waals surface area contributed by atoms with Gasteiger partial charge in [-0.1, -0.05) is 0 Å². The largest absolute Gasteiger partial charge is 0.377 e. The molecule has 0 aliphatic rings. The smallest absolute Gasteiger partial charge is 0.235 e. The normalized spacial score (nSPS) is 13.6. The summed E-state index contributed by atoms with van der Waals surface area (Å²) in [6.07, 6.45) is 0.230. The Hall–Kier alpha value is -0.650. The van der Waals surface area contributed by atoms with Crippen molar-refractivity contribution in [3.8, 4) is 0 Å². The summed E-state index contributed by atoms with van der Waals surface area (Å²) in [6, 6.07) is -0.598. The number of nitrogens with zero attached hydrogens (tertiary/aromatic N) is 1. The van der Waals surface area contributed by atoms with Crippen LogP contribution in [0.2, 0.25) is 0 Å². The van der Waals surface area contributed by atoms with Crippen molar-refractivity contribution in [1.29, 1.82) is 0 Å². The highest BCUT2D eigenvalue weighted by Gasteiger charge is 2.11. The zero-order chi connectivity index (χ0) is 11.1. The van der Waals surface area contributed by atoms with Crippen LogP contribution in [0.3, 0.4) is 0 Å². The minimum absolute atomic E-state index is 0.230. The van der Waals surface area contributed by atoms with E-state index in [0.717, 1.165) is 6.54 Å². The van der Waals surface area contributed by atoms with Crippen molar-refractivity contribution in [2.24, 2.45) is 11.5 Å². The molecule has 1 amide bonds. The van der Waals surface area contributed by atoms with E-state index in [4.69, 9.17) is 16.2 Å². The summed E-state index contributed by atoms with van der Waals surface area (Å²) in [6.45, 7) is 5.82. The number of likely N-dealkylation sites (N-methyl/N-ethyl adjacent to an activating group) is 1. The lowest BCUT2D eigenvalue weighted by Crippen LogP contribution is -2.45. The van der Waals surface area contributed by atoms with Gasteiger partial charge in [-0.2, -0.15) is 0 Å². The second-order valence-corrected chi connectivity index (χ2v) is 3.69. The SMILES string of the molecule is CC(C)OCCN(C)CC(N)C(N)=O. The van der Waals surface area contributed by atoms with Gasteiger partial charge in [0.15, 0.2) is 0 Å². The maximum atomic E-state index is 10.7. The molecule has 0 heterocycles. The molecule has 1 unspecified atom stereocenters. The van der Waals surface area contributed by atoms with E-state index in [2.05, 4.69) is 0 Å². The maximum Gasteiger partial charge on any atom is 0.235 e.